The summed E-state index contributed by atoms with van der Waals surface area (Å²) in [7, 11) is 1.67. The molecule has 0 aliphatic carbocycles. The average molecular weight is 452 g/mol. The maximum atomic E-state index is 9.36. The summed E-state index contributed by atoms with van der Waals surface area (Å²) in [6.45, 7) is 6.68. The lowest BCUT2D eigenvalue weighted by atomic mass is 9.99. The standard InChI is InChI=1S/C24H29N5O4/c1-14-22(15(2)33-28-14)18-10-19-17(11-21(18)31-3)23-20(12-26-19)27-24(25-6-7-30)29(23)13-16-4-8-32-9-5-16/h10-12,16,30H,4-9,13H2,1-3H3,(H,25,27). The van der Waals surface area contributed by atoms with E-state index >= 15 is 0 Å². The molecule has 3 aromatic heterocycles. The van der Waals surface area contributed by atoms with Crippen molar-refractivity contribution in [1.29, 1.82) is 0 Å². The van der Waals surface area contributed by atoms with E-state index in [0.717, 1.165) is 88.8 Å². The Morgan fingerprint density at radius 3 is 2.73 bits per heavy atom. The number of anilines is 1. The number of aryl methyl sites for hydroxylation is 2. The molecule has 4 heterocycles. The van der Waals surface area contributed by atoms with Crippen molar-refractivity contribution >= 4 is 27.9 Å². The van der Waals surface area contributed by atoms with Gasteiger partial charge in [-0.3, -0.25) is 4.98 Å². The van der Waals surface area contributed by atoms with Gasteiger partial charge in [-0.15, -0.1) is 0 Å². The summed E-state index contributed by atoms with van der Waals surface area (Å²) in [4.78, 5) is 9.52. The fraction of sp³-hybridized carbons (Fsp3) is 0.458. The fourth-order valence-electron chi connectivity index (χ4n) is 4.74. The summed E-state index contributed by atoms with van der Waals surface area (Å²) in [5, 5.41) is 17.7. The molecular weight excluding hydrogens is 422 g/mol. The molecule has 4 aromatic rings. The lowest BCUT2D eigenvalue weighted by molar-refractivity contribution is 0.0617. The molecule has 9 nitrogen and oxygen atoms in total. The Hall–Kier alpha value is -3.17. The number of nitrogens with one attached hydrogen (secondary N) is 1. The Balaban J connectivity index is 1.71. The zero-order valence-electron chi connectivity index (χ0n) is 19.2. The van der Waals surface area contributed by atoms with E-state index in [4.69, 9.17) is 24.0 Å². The van der Waals surface area contributed by atoms with Crippen LogP contribution in [-0.2, 0) is 11.3 Å². The molecule has 1 aliphatic rings. The first-order valence-corrected chi connectivity index (χ1v) is 11.3. The molecule has 1 aromatic carbocycles. The van der Waals surface area contributed by atoms with Gasteiger partial charge >= 0.3 is 0 Å². The van der Waals surface area contributed by atoms with Crippen LogP contribution < -0.4 is 10.1 Å². The van der Waals surface area contributed by atoms with Crippen molar-refractivity contribution < 1.29 is 19.1 Å². The van der Waals surface area contributed by atoms with Crippen LogP contribution >= 0.6 is 0 Å². The van der Waals surface area contributed by atoms with Crippen LogP contribution in [0.2, 0.25) is 0 Å². The molecule has 1 saturated heterocycles. The monoisotopic (exact) mass is 451 g/mol. The summed E-state index contributed by atoms with van der Waals surface area (Å²) in [5.74, 6) is 2.72. The van der Waals surface area contributed by atoms with E-state index in [1.54, 1.807) is 7.11 Å². The molecule has 0 amide bonds. The van der Waals surface area contributed by atoms with Crippen LogP contribution in [0.3, 0.4) is 0 Å². The minimum Gasteiger partial charge on any atom is -0.496 e. The molecule has 1 fully saturated rings. The first kappa shape index (κ1) is 21.7. The summed E-state index contributed by atoms with van der Waals surface area (Å²) >= 11 is 0. The predicted molar refractivity (Wildman–Crippen MR) is 126 cm³/mol. The van der Waals surface area contributed by atoms with Gasteiger partial charge in [0.2, 0.25) is 5.95 Å². The van der Waals surface area contributed by atoms with E-state index in [0.29, 0.717) is 12.5 Å². The zero-order chi connectivity index (χ0) is 22.9. The van der Waals surface area contributed by atoms with Crippen molar-refractivity contribution in [3.8, 4) is 16.9 Å². The molecule has 33 heavy (non-hydrogen) atoms. The summed E-state index contributed by atoms with van der Waals surface area (Å²) in [6, 6.07) is 4.07. The van der Waals surface area contributed by atoms with E-state index in [9.17, 15) is 5.11 Å². The second-order valence-electron chi connectivity index (χ2n) is 8.51. The maximum absolute atomic E-state index is 9.36. The van der Waals surface area contributed by atoms with Gasteiger partial charge in [-0.1, -0.05) is 5.16 Å². The number of nitrogens with zero attached hydrogens (tertiary/aromatic N) is 4. The molecule has 0 unspecified atom stereocenters. The minimum atomic E-state index is 0.0358. The molecule has 0 spiro atoms. The lowest BCUT2D eigenvalue weighted by Crippen LogP contribution is -2.22. The van der Waals surface area contributed by atoms with E-state index in [2.05, 4.69) is 15.0 Å². The van der Waals surface area contributed by atoms with Crippen LogP contribution in [0.15, 0.2) is 22.9 Å². The highest BCUT2D eigenvalue weighted by molar-refractivity contribution is 6.05. The van der Waals surface area contributed by atoms with Crippen LogP contribution in [0.4, 0.5) is 5.95 Å². The third-order valence-corrected chi connectivity index (χ3v) is 6.37. The quantitative estimate of drug-likeness (QED) is 0.438. The molecular formula is C24H29N5O4. The van der Waals surface area contributed by atoms with Crippen molar-refractivity contribution in [1.82, 2.24) is 19.7 Å². The maximum Gasteiger partial charge on any atom is 0.204 e. The number of aromatic nitrogens is 4. The van der Waals surface area contributed by atoms with Gasteiger partial charge in [0, 0.05) is 37.3 Å². The summed E-state index contributed by atoms with van der Waals surface area (Å²) in [5.41, 5.74) is 5.31. The predicted octanol–water partition coefficient (Wildman–Crippen LogP) is 3.70. The largest absolute Gasteiger partial charge is 0.496 e. The Labute approximate surface area is 191 Å². The highest BCUT2D eigenvalue weighted by atomic mass is 16.5. The van der Waals surface area contributed by atoms with E-state index in [1.807, 2.05) is 32.2 Å². The summed E-state index contributed by atoms with van der Waals surface area (Å²) in [6.07, 6.45) is 3.84. The van der Waals surface area contributed by atoms with Gasteiger partial charge in [-0.25, -0.2) is 4.98 Å². The van der Waals surface area contributed by atoms with Gasteiger partial charge in [-0.2, -0.15) is 0 Å². The van der Waals surface area contributed by atoms with Gasteiger partial charge < -0.3 is 29.0 Å². The third-order valence-electron chi connectivity index (χ3n) is 6.37. The number of fused-ring (bicyclic) bond motifs is 3. The highest BCUT2D eigenvalue weighted by Crippen LogP contribution is 2.39. The third kappa shape index (κ3) is 3.91. The van der Waals surface area contributed by atoms with E-state index < -0.39 is 0 Å². The van der Waals surface area contributed by atoms with E-state index in [-0.39, 0.29) is 6.61 Å². The fourth-order valence-corrected chi connectivity index (χ4v) is 4.74. The van der Waals surface area contributed by atoms with Crippen LogP contribution in [0.1, 0.15) is 24.3 Å². The molecule has 0 atom stereocenters. The number of hydrogen-bond donors (Lipinski definition) is 2. The Morgan fingerprint density at radius 2 is 2.03 bits per heavy atom. The second kappa shape index (κ2) is 8.99. The topological polar surface area (TPSA) is 107 Å². The highest BCUT2D eigenvalue weighted by Gasteiger charge is 2.22. The zero-order valence-corrected chi connectivity index (χ0v) is 19.2. The molecule has 9 heteroatoms. The van der Waals surface area contributed by atoms with Gasteiger partial charge in [-0.05, 0) is 44.7 Å². The minimum absolute atomic E-state index is 0.0358. The number of aliphatic hydroxyl groups excluding tert-OH is 1. The summed E-state index contributed by atoms with van der Waals surface area (Å²) < 4.78 is 19.0. The number of aliphatic hydroxyl groups is 1. The Bertz CT molecular complexity index is 1270. The van der Waals surface area contributed by atoms with Gasteiger partial charge in [0.05, 0.1) is 42.2 Å². The molecule has 174 valence electrons. The van der Waals surface area contributed by atoms with E-state index in [1.165, 1.54) is 0 Å². The number of benzene rings is 1. The molecule has 1 aliphatic heterocycles. The van der Waals surface area contributed by atoms with Gasteiger partial charge in [0.1, 0.15) is 17.0 Å². The second-order valence-corrected chi connectivity index (χ2v) is 8.51. The first-order valence-electron chi connectivity index (χ1n) is 11.3. The number of ether oxygens (including phenoxy) is 2. The Kier molecular flexibility index (Phi) is 5.90. The van der Waals surface area contributed by atoms with Crippen molar-refractivity contribution in [3.63, 3.8) is 0 Å². The lowest BCUT2D eigenvalue weighted by Gasteiger charge is -2.24. The number of imidazole rings is 1. The average Bonchev–Trinajstić information content (AvgIpc) is 3.36. The smallest absolute Gasteiger partial charge is 0.204 e. The molecule has 5 rings (SSSR count). The normalized spacial score (nSPS) is 14.9. The van der Waals surface area contributed by atoms with Crippen LogP contribution in [0, 0.1) is 19.8 Å². The van der Waals surface area contributed by atoms with Crippen molar-refractivity contribution in [2.75, 3.05) is 38.8 Å². The number of rotatable bonds is 7. The molecule has 0 bridgehead atoms. The van der Waals surface area contributed by atoms with Crippen molar-refractivity contribution in [2.24, 2.45) is 5.92 Å². The molecule has 0 radical (unpaired) electrons. The van der Waals surface area contributed by atoms with Crippen molar-refractivity contribution in [2.45, 2.75) is 33.2 Å². The Morgan fingerprint density at radius 1 is 1.21 bits per heavy atom. The van der Waals surface area contributed by atoms with Crippen LogP contribution in [0.25, 0.3) is 33.1 Å². The first-order chi connectivity index (χ1) is 16.1. The molecule has 2 N–H and O–H groups in total. The van der Waals surface area contributed by atoms with Gasteiger partial charge in [0.15, 0.2) is 0 Å². The number of methoxy groups -OCH3 is 1. The van der Waals surface area contributed by atoms with Crippen LogP contribution in [0.5, 0.6) is 5.75 Å². The van der Waals surface area contributed by atoms with Crippen molar-refractivity contribution in [3.05, 3.63) is 29.8 Å². The number of pyridine rings is 1. The van der Waals surface area contributed by atoms with Gasteiger partial charge in [0.25, 0.3) is 0 Å². The SMILES string of the molecule is COc1cc2c(cc1-c1c(C)noc1C)ncc1nc(NCCO)n(CC3CCOCC3)c12. The molecule has 0 saturated carbocycles. The van der Waals surface area contributed by atoms with Crippen LogP contribution in [-0.4, -0.2) is 58.3 Å². The number of hydrogen-bond acceptors (Lipinski definition) is 8.